The first kappa shape index (κ1) is 12.6. The predicted octanol–water partition coefficient (Wildman–Crippen LogP) is 3.83. The number of benzene rings is 1. The SMILES string of the molecule is Cn1c(O)c(-c2[nH]c3ccccc3c2N=O)c2cccnc21. The number of aromatic amines is 1. The van der Waals surface area contributed by atoms with Crippen LogP contribution in [0.4, 0.5) is 5.69 Å². The highest BCUT2D eigenvalue weighted by Gasteiger charge is 2.23. The van der Waals surface area contributed by atoms with Crippen LogP contribution in [0.15, 0.2) is 47.8 Å². The summed E-state index contributed by atoms with van der Waals surface area (Å²) in [7, 11) is 1.73. The Morgan fingerprint density at radius 2 is 1.95 bits per heavy atom. The molecule has 0 spiro atoms. The summed E-state index contributed by atoms with van der Waals surface area (Å²) in [4.78, 5) is 18.8. The molecule has 0 radical (unpaired) electrons. The van der Waals surface area contributed by atoms with Gasteiger partial charge in [0.2, 0.25) is 5.88 Å². The van der Waals surface area contributed by atoms with Gasteiger partial charge >= 0.3 is 0 Å². The summed E-state index contributed by atoms with van der Waals surface area (Å²) in [6.45, 7) is 0. The zero-order valence-electron chi connectivity index (χ0n) is 11.7. The van der Waals surface area contributed by atoms with Crippen molar-refractivity contribution in [3.8, 4) is 17.1 Å². The molecule has 0 saturated heterocycles. The Morgan fingerprint density at radius 1 is 1.18 bits per heavy atom. The number of rotatable bonds is 2. The summed E-state index contributed by atoms with van der Waals surface area (Å²) < 4.78 is 1.59. The normalized spacial score (nSPS) is 11.3. The van der Waals surface area contributed by atoms with Gasteiger partial charge in [0, 0.05) is 29.5 Å². The lowest BCUT2D eigenvalue weighted by Gasteiger charge is -1.99. The number of H-pyrrole nitrogens is 1. The number of hydrogen-bond donors (Lipinski definition) is 2. The van der Waals surface area contributed by atoms with Crippen molar-refractivity contribution >= 4 is 27.6 Å². The predicted molar refractivity (Wildman–Crippen MR) is 85.1 cm³/mol. The average Bonchev–Trinajstić information content (AvgIpc) is 3.03. The van der Waals surface area contributed by atoms with Crippen molar-refractivity contribution in [3.63, 3.8) is 0 Å². The highest BCUT2D eigenvalue weighted by atomic mass is 16.3. The Hall–Kier alpha value is -3.15. The zero-order valence-corrected chi connectivity index (χ0v) is 11.7. The van der Waals surface area contributed by atoms with E-state index >= 15 is 0 Å². The van der Waals surface area contributed by atoms with Crippen LogP contribution in [-0.2, 0) is 7.05 Å². The van der Waals surface area contributed by atoms with Gasteiger partial charge in [-0.1, -0.05) is 18.2 Å². The lowest BCUT2D eigenvalue weighted by atomic mass is 10.1. The monoisotopic (exact) mass is 292 g/mol. The van der Waals surface area contributed by atoms with E-state index in [1.54, 1.807) is 23.9 Å². The van der Waals surface area contributed by atoms with E-state index in [9.17, 15) is 10.0 Å². The minimum atomic E-state index is 0.0464. The zero-order chi connectivity index (χ0) is 15.3. The molecule has 0 amide bonds. The van der Waals surface area contributed by atoms with Gasteiger partial charge in [0.15, 0.2) is 0 Å². The third-order valence-corrected chi connectivity index (χ3v) is 3.93. The standard InChI is InChI=1S/C16H12N4O2/c1-20-15-10(6-4-8-17-15)12(16(20)21)14-13(19-22)9-5-2-3-7-11(9)18-14/h2-8,18,21H,1H3. The van der Waals surface area contributed by atoms with E-state index < -0.39 is 0 Å². The molecule has 22 heavy (non-hydrogen) atoms. The first-order chi connectivity index (χ1) is 10.7. The van der Waals surface area contributed by atoms with E-state index in [0.717, 1.165) is 16.3 Å². The number of aromatic nitrogens is 3. The van der Waals surface area contributed by atoms with Gasteiger partial charge < -0.3 is 10.1 Å². The van der Waals surface area contributed by atoms with Crippen LogP contribution in [0.25, 0.3) is 33.2 Å². The number of hydrogen-bond acceptors (Lipinski definition) is 4. The summed E-state index contributed by atoms with van der Waals surface area (Å²) >= 11 is 0. The average molecular weight is 292 g/mol. The number of nitrogens with zero attached hydrogens (tertiary/aromatic N) is 3. The van der Waals surface area contributed by atoms with Crippen molar-refractivity contribution in [2.24, 2.45) is 12.2 Å². The molecule has 4 aromatic rings. The quantitative estimate of drug-likeness (QED) is 0.551. The maximum atomic E-state index is 11.4. The highest BCUT2D eigenvalue weighted by Crippen LogP contribution is 2.44. The van der Waals surface area contributed by atoms with Gasteiger partial charge in [-0.15, -0.1) is 4.91 Å². The molecule has 0 fully saturated rings. The topological polar surface area (TPSA) is 83.3 Å². The van der Waals surface area contributed by atoms with Crippen molar-refractivity contribution in [1.82, 2.24) is 14.5 Å². The fraction of sp³-hybridized carbons (Fsp3) is 0.0625. The van der Waals surface area contributed by atoms with E-state index in [0.29, 0.717) is 22.6 Å². The highest BCUT2D eigenvalue weighted by molar-refractivity contribution is 6.06. The number of para-hydroxylation sites is 1. The maximum Gasteiger partial charge on any atom is 0.202 e. The largest absolute Gasteiger partial charge is 0.494 e. The molecule has 1 aromatic carbocycles. The van der Waals surface area contributed by atoms with Crippen molar-refractivity contribution in [3.05, 3.63) is 47.5 Å². The van der Waals surface area contributed by atoms with Gasteiger partial charge in [0.25, 0.3) is 0 Å². The van der Waals surface area contributed by atoms with Crippen molar-refractivity contribution in [2.75, 3.05) is 0 Å². The van der Waals surface area contributed by atoms with Gasteiger partial charge in [-0.05, 0) is 23.4 Å². The molecule has 2 N–H and O–H groups in total. The third-order valence-electron chi connectivity index (χ3n) is 3.93. The minimum absolute atomic E-state index is 0.0464. The molecule has 0 saturated carbocycles. The molecule has 108 valence electrons. The number of pyridine rings is 1. The number of fused-ring (bicyclic) bond motifs is 2. The summed E-state index contributed by atoms with van der Waals surface area (Å²) in [5.41, 5.74) is 2.78. The van der Waals surface area contributed by atoms with Crippen LogP contribution in [0.2, 0.25) is 0 Å². The molecule has 0 aliphatic carbocycles. The smallest absolute Gasteiger partial charge is 0.202 e. The summed E-state index contributed by atoms with van der Waals surface area (Å²) in [5.74, 6) is 0.0464. The van der Waals surface area contributed by atoms with Crippen LogP contribution < -0.4 is 0 Å². The lowest BCUT2D eigenvalue weighted by molar-refractivity contribution is 0.436. The van der Waals surface area contributed by atoms with Crippen LogP contribution in [0.1, 0.15) is 0 Å². The molecule has 3 heterocycles. The van der Waals surface area contributed by atoms with Gasteiger partial charge in [0.1, 0.15) is 11.3 Å². The van der Waals surface area contributed by atoms with Gasteiger partial charge in [-0.25, -0.2) is 4.98 Å². The number of nitroso groups, excluding NO2 is 1. The molecule has 0 atom stereocenters. The lowest BCUT2D eigenvalue weighted by Crippen LogP contribution is -1.87. The van der Waals surface area contributed by atoms with E-state index in [4.69, 9.17) is 0 Å². The van der Waals surface area contributed by atoms with Gasteiger partial charge in [-0.2, -0.15) is 0 Å². The molecular weight excluding hydrogens is 280 g/mol. The van der Waals surface area contributed by atoms with Crippen molar-refractivity contribution < 1.29 is 5.11 Å². The van der Waals surface area contributed by atoms with Crippen LogP contribution in [0.3, 0.4) is 0 Å². The molecular formula is C16H12N4O2. The van der Waals surface area contributed by atoms with Gasteiger partial charge in [0.05, 0.1) is 11.3 Å². The fourth-order valence-corrected chi connectivity index (χ4v) is 2.90. The molecule has 4 rings (SSSR count). The van der Waals surface area contributed by atoms with E-state index in [1.165, 1.54) is 0 Å². The second kappa shape index (κ2) is 4.42. The first-order valence-corrected chi connectivity index (χ1v) is 6.79. The van der Waals surface area contributed by atoms with Crippen molar-refractivity contribution in [2.45, 2.75) is 0 Å². The van der Waals surface area contributed by atoms with Crippen LogP contribution in [-0.4, -0.2) is 19.6 Å². The summed E-state index contributed by atoms with van der Waals surface area (Å²) in [6.07, 6.45) is 1.66. The molecule has 6 nitrogen and oxygen atoms in total. The van der Waals surface area contributed by atoms with E-state index in [1.807, 2.05) is 30.3 Å². The number of nitrogens with one attached hydrogen (secondary N) is 1. The Balaban J connectivity index is 2.16. The molecule has 0 aliphatic rings. The molecule has 0 bridgehead atoms. The second-order valence-corrected chi connectivity index (χ2v) is 5.12. The van der Waals surface area contributed by atoms with Crippen LogP contribution in [0.5, 0.6) is 5.88 Å². The Kier molecular flexibility index (Phi) is 2.53. The molecule has 0 unspecified atom stereocenters. The fourth-order valence-electron chi connectivity index (χ4n) is 2.90. The van der Waals surface area contributed by atoms with E-state index in [2.05, 4.69) is 15.1 Å². The maximum absolute atomic E-state index is 11.4. The number of aryl methyl sites for hydroxylation is 1. The van der Waals surface area contributed by atoms with Crippen molar-refractivity contribution in [1.29, 1.82) is 0 Å². The molecule has 0 aliphatic heterocycles. The molecule has 6 heteroatoms. The number of aromatic hydroxyl groups is 1. The van der Waals surface area contributed by atoms with Crippen LogP contribution in [0, 0.1) is 4.91 Å². The van der Waals surface area contributed by atoms with E-state index in [-0.39, 0.29) is 5.88 Å². The molecule has 3 aromatic heterocycles. The second-order valence-electron chi connectivity index (χ2n) is 5.12. The Bertz CT molecular complexity index is 1030. The Labute approximate surface area is 125 Å². The third kappa shape index (κ3) is 1.52. The summed E-state index contributed by atoms with van der Waals surface area (Å²) in [5, 5.41) is 15.1. The Morgan fingerprint density at radius 3 is 2.77 bits per heavy atom. The minimum Gasteiger partial charge on any atom is -0.494 e. The van der Waals surface area contributed by atoms with Gasteiger partial charge in [-0.3, -0.25) is 4.57 Å². The van der Waals surface area contributed by atoms with Crippen LogP contribution >= 0.6 is 0 Å². The first-order valence-electron chi connectivity index (χ1n) is 6.79. The summed E-state index contributed by atoms with van der Waals surface area (Å²) in [6, 6.07) is 11.1.